The minimum atomic E-state index is -3.35. The zero-order valence-electron chi connectivity index (χ0n) is 8.49. The molecule has 0 aliphatic carbocycles. The van der Waals surface area contributed by atoms with Crippen molar-refractivity contribution in [2.24, 2.45) is 0 Å². The molecule has 0 aromatic heterocycles. The summed E-state index contributed by atoms with van der Waals surface area (Å²) in [5.74, 6) is 0. The molecular formula is C9H15NO3S. The summed E-state index contributed by atoms with van der Waals surface area (Å²) in [6.45, 7) is 3.87. The lowest BCUT2D eigenvalue weighted by atomic mass is 10.2. The minimum Gasteiger partial charge on any atom is -0.381 e. The van der Waals surface area contributed by atoms with Gasteiger partial charge in [0.05, 0.1) is 11.3 Å². The van der Waals surface area contributed by atoms with Gasteiger partial charge in [-0.05, 0) is 26.7 Å². The molecule has 0 atom stereocenters. The van der Waals surface area contributed by atoms with Crippen molar-refractivity contribution < 1.29 is 13.2 Å². The molecule has 0 saturated carbocycles. The molecule has 0 spiro atoms. The van der Waals surface area contributed by atoms with Crippen LogP contribution in [0, 0.1) is 11.3 Å². The molecule has 0 N–H and O–H groups in total. The summed E-state index contributed by atoms with van der Waals surface area (Å²) < 4.78 is 27.7. The summed E-state index contributed by atoms with van der Waals surface area (Å²) in [5.41, 5.74) is 0. The molecule has 14 heavy (non-hydrogen) atoms. The van der Waals surface area contributed by atoms with Gasteiger partial charge in [-0.2, -0.15) is 5.26 Å². The minimum absolute atomic E-state index is 0.411. The standard InChI is InChI=1S/C9H15NO3S/c1-9(2,7-10)14(11,12)8-3-5-13-6-4-8/h8H,3-6H2,1-2H3. The molecule has 1 saturated heterocycles. The molecule has 5 heteroatoms. The van der Waals surface area contributed by atoms with E-state index in [2.05, 4.69) is 0 Å². The van der Waals surface area contributed by atoms with Gasteiger partial charge >= 0.3 is 0 Å². The van der Waals surface area contributed by atoms with Crippen LogP contribution in [0.1, 0.15) is 26.7 Å². The summed E-state index contributed by atoms with van der Waals surface area (Å²) in [5, 5.41) is 8.39. The largest absolute Gasteiger partial charge is 0.381 e. The highest BCUT2D eigenvalue weighted by molar-refractivity contribution is 7.93. The van der Waals surface area contributed by atoms with Crippen molar-refractivity contribution in [2.45, 2.75) is 36.7 Å². The number of ether oxygens (including phenoxy) is 1. The quantitative estimate of drug-likeness (QED) is 0.688. The number of hydrogen-bond acceptors (Lipinski definition) is 4. The van der Waals surface area contributed by atoms with E-state index < -0.39 is 19.8 Å². The van der Waals surface area contributed by atoms with Crippen molar-refractivity contribution in [3.8, 4) is 6.07 Å². The van der Waals surface area contributed by atoms with E-state index in [1.807, 2.05) is 6.07 Å². The fourth-order valence-corrected chi connectivity index (χ4v) is 3.24. The van der Waals surface area contributed by atoms with Crippen molar-refractivity contribution in [1.82, 2.24) is 0 Å². The Labute approximate surface area is 84.8 Å². The maximum atomic E-state index is 12.0. The number of nitrogens with zero attached hydrogens (tertiary/aromatic N) is 1. The van der Waals surface area contributed by atoms with E-state index in [-0.39, 0.29) is 0 Å². The molecule has 0 amide bonds. The second-order valence-electron chi connectivity index (χ2n) is 3.98. The second-order valence-corrected chi connectivity index (χ2v) is 6.76. The summed E-state index contributed by atoms with van der Waals surface area (Å²) in [7, 11) is -3.35. The predicted molar refractivity (Wildman–Crippen MR) is 52.5 cm³/mol. The Hall–Kier alpha value is -0.600. The first-order valence-corrected chi connectivity index (χ1v) is 6.19. The van der Waals surface area contributed by atoms with E-state index in [4.69, 9.17) is 10.00 Å². The zero-order valence-corrected chi connectivity index (χ0v) is 9.30. The van der Waals surface area contributed by atoms with Gasteiger partial charge in [0.1, 0.15) is 0 Å². The first-order valence-electron chi connectivity index (χ1n) is 4.64. The normalized spacial score (nSPS) is 20.4. The molecule has 1 heterocycles. The van der Waals surface area contributed by atoms with Crippen molar-refractivity contribution in [1.29, 1.82) is 5.26 Å². The van der Waals surface area contributed by atoms with E-state index in [0.29, 0.717) is 26.1 Å². The van der Waals surface area contributed by atoms with Crippen LogP contribution in [-0.2, 0) is 14.6 Å². The van der Waals surface area contributed by atoms with Gasteiger partial charge in [-0.25, -0.2) is 8.42 Å². The molecule has 1 aliphatic heterocycles. The van der Waals surface area contributed by atoms with Crippen LogP contribution >= 0.6 is 0 Å². The molecule has 1 rings (SSSR count). The number of hydrogen-bond donors (Lipinski definition) is 0. The molecule has 0 bridgehead atoms. The zero-order chi connectivity index (χ0) is 10.8. The first kappa shape index (κ1) is 11.5. The Kier molecular flexibility index (Phi) is 3.17. The monoisotopic (exact) mass is 217 g/mol. The van der Waals surface area contributed by atoms with Gasteiger partial charge in [-0.15, -0.1) is 0 Å². The number of rotatable bonds is 2. The lowest BCUT2D eigenvalue weighted by Gasteiger charge is -2.27. The van der Waals surface area contributed by atoms with Gasteiger partial charge in [-0.1, -0.05) is 0 Å². The Balaban J connectivity index is 2.90. The van der Waals surface area contributed by atoms with Crippen LogP contribution in [0.15, 0.2) is 0 Å². The molecule has 1 aliphatic rings. The van der Waals surface area contributed by atoms with Gasteiger partial charge in [0.15, 0.2) is 14.6 Å². The maximum Gasteiger partial charge on any atom is 0.171 e. The third-order valence-corrected chi connectivity index (χ3v) is 5.45. The fraction of sp³-hybridized carbons (Fsp3) is 0.889. The van der Waals surface area contributed by atoms with E-state index in [0.717, 1.165) is 0 Å². The summed E-state index contributed by atoms with van der Waals surface area (Å²) in [6, 6.07) is 1.85. The second kappa shape index (κ2) is 3.87. The average Bonchev–Trinajstić information content (AvgIpc) is 2.19. The Morgan fingerprint density at radius 1 is 1.36 bits per heavy atom. The molecule has 4 nitrogen and oxygen atoms in total. The van der Waals surface area contributed by atoms with Crippen LogP contribution in [0.4, 0.5) is 0 Å². The third-order valence-electron chi connectivity index (χ3n) is 2.59. The lowest BCUT2D eigenvalue weighted by Crippen LogP contribution is -2.41. The van der Waals surface area contributed by atoms with Crippen LogP contribution in [-0.4, -0.2) is 31.6 Å². The molecular weight excluding hydrogens is 202 g/mol. The number of nitriles is 1. The van der Waals surface area contributed by atoms with Crippen molar-refractivity contribution >= 4 is 9.84 Å². The Bertz CT molecular complexity index is 334. The molecule has 0 unspecified atom stereocenters. The average molecular weight is 217 g/mol. The van der Waals surface area contributed by atoms with Crippen molar-refractivity contribution in [3.05, 3.63) is 0 Å². The molecule has 0 aromatic rings. The van der Waals surface area contributed by atoms with Gasteiger partial charge in [0, 0.05) is 13.2 Å². The lowest BCUT2D eigenvalue weighted by molar-refractivity contribution is 0.0981. The molecule has 0 aromatic carbocycles. The van der Waals surface area contributed by atoms with E-state index in [1.165, 1.54) is 13.8 Å². The predicted octanol–water partition coefficient (Wildman–Crippen LogP) is 0.882. The summed E-state index contributed by atoms with van der Waals surface area (Å²) in [6.07, 6.45) is 1.01. The van der Waals surface area contributed by atoms with Crippen LogP contribution in [0.25, 0.3) is 0 Å². The molecule has 1 fully saturated rings. The highest BCUT2D eigenvalue weighted by Gasteiger charge is 2.41. The van der Waals surface area contributed by atoms with Gasteiger partial charge < -0.3 is 4.74 Å². The smallest absolute Gasteiger partial charge is 0.171 e. The van der Waals surface area contributed by atoms with Crippen molar-refractivity contribution in [3.63, 3.8) is 0 Å². The number of sulfone groups is 1. The summed E-state index contributed by atoms with van der Waals surface area (Å²) in [4.78, 5) is 0. The van der Waals surface area contributed by atoms with E-state index >= 15 is 0 Å². The van der Waals surface area contributed by atoms with Crippen LogP contribution in [0.3, 0.4) is 0 Å². The highest BCUT2D eigenvalue weighted by Crippen LogP contribution is 2.26. The van der Waals surface area contributed by atoms with E-state index in [9.17, 15) is 8.42 Å². The van der Waals surface area contributed by atoms with Crippen LogP contribution in [0.5, 0.6) is 0 Å². The topological polar surface area (TPSA) is 67.2 Å². The Morgan fingerprint density at radius 3 is 2.29 bits per heavy atom. The van der Waals surface area contributed by atoms with Gasteiger partial charge in [-0.3, -0.25) is 0 Å². The highest BCUT2D eigenvalue weighted by atomic mass is 32.2. The molecule has 80 valence electrons. The van der Waals surface area contributed by atoms with E-state index in [1.54, 1.807) is 0 Å². The van der Waals surface area contributed by atoms with Gasteiger partial charge in [0.2, 0.25) is 0 Å². The molecule has 0 radical (unpaired) electrons. The van der Waals surface area contributed by atoms with Gasteiger partial charge in [0.25, 0.3) is 0 Å². The summed E-state index contributed by atoms with van der Waals surface area (Å²) >= 11 is 0. The third kappa shape index (κ3) is 1.91. The first-order chi connectivity index (χ1) is 6.42. The SMILES string of the molecule is CC(C)(C#N)S(=O)(=O)C1CCOCC1. The van der Waals surface area contributed by atoms with Crippen molar-refractivity contribution in [2.75, 3.05) is 13.2 Å². The Morgan fingerprint density at radius 2 is 1.86 bits per heavy atom. The van der Waals surface area contributed by atoms with Crippen LogP contribution in [0.2, 0.25) is 0 Å². The fourth-order valence-electron chi connectivity index (χ4n) is 1.47. The maximum absolute atomic E-state index is 12.0. The van der Waals surface area contributed by atoms with Crippen LogP contribution < -0.4 is 0 Å².